The first-order valence-electron chi connectivity index (χ1n) is 7.21. The van der Waals surface area contributed by atoms with Crippen molar-refractivity contribution in [2.45, 2.75) is 12.5 Å². The van der Waals surface area contributed by atoms with Crippen LogP contribution in [-0.4, -0.2) is 34.3 Å². The molecule has 2 heterocycles. The van der Waals surface area contributed by atoms with Crippen LogP contribution in [-0.2, 0) is 13.6 Å². The maximum absolute atomic E-state index is 5.98. The van der Waals surface area contributed by atoms with Crippen molar-refractivity contribution in [3.63, 3.8) is 0 Å². The molecule has 0 bridgehead atoms. The molecule has 4 heteroatoms. The van der Waals surface area contributed by atoms with E-state index in [0.29, 0.717) is 11.8 Å². The molecule has 2 N–H and O–H groups in total. The van der Waals surface area contributed by atoms with E-state index in [1.807, 2.05) is 17.9 Å². The molecule has 0 radical (unpaired) electrons. The van der Waals surface area contributed by atoms with Gasteiger partial charge < -0.3 is 5.73 Å². The van der Waals surface area contributed by atoms with Gasteiger partial charge in [0.2, 0.25) is 0 Å². The van der Waals surface area contributed by atoms with Crippen LogP contribution in [0.25, 0.3) is 0 Å². The Kier molecular flexibility index (Phi) is 3.85. The molecule has 0 unspecified atom stereocenters. The van der Waals surface area contributed by atoms with E-state index in [1.54, 1.807) is 0 Å². The first kappa shape index (κ1) is 13.3. The number of benzene rings is 1. The highest BCUT2D eigenvalue weighted by atomic mass is 15.2. The van der Waals surface area contributed by atoms with E-state index in [4.69, 9.17) is 5.73 Å². The van der Waals surface area contributed by atoms with Crippen LogP contribution < -0.4 is 5.73 Å². The fraction of sp³-hybridized carbons (Fsp3) is 0.438. The zero-order valence-electron chi connectivity index (χ0n) is 11.9. The summed E-state index contributed by atoms with van der Waals surface area (Å²) in [5.74, 6) is 1.10. The van der Waals surface area contributed by atoms with Crippen molar-refractivity contribution in [3.8, 4) is 0 Å². The number of hydrogen-bond acceptors (Lipinski definition) is 3. The average Bonchev–Trinajstić information content (AvgIpc) is 3.06. The van der Waals surface area contributed by atoms with Gasteiger partial charge in [0.15, 0.2) is 0 Å². The van der Waals surface area contributed by atoms with E-state index in [2.05, 4.69) is 46.5 Å². The Bertz CT molecular complexity index is 549. The topological polar surface area (TPSA) is 47.1 Å². The van der Waals surface area contributed by atoms with Gasteiger partial charge in [-0.2, -0.15) is 5.10 Å². The maximum atomic E-state index is 5.98. The highest BCUT2D eigenvalue weighted by Crippen LogP contribution is 2.32. The summed E-state index contributed by atoms with van der Waals surface area (Å²) in [4.78, 5) is 2.49. The van der Waals surface area contributed by atoms with E-state index in [1.165, 1.54) is 11.1 Å². The Morgan fingerprint density at radius 2 is 2.05 bits per heavy atom. The lowest BCUT2D eigenvalue weighted by Crippen LogP contribution is -2.23. The van der Waals surface area contributed by atoms with E-state index in [-0.39, 0.29) is 0 Å². The minimum Gasteiger partial charge on any atom is -0.330 e. The standard InChI is InChI=1S/C16H22N4/c1-19-9-13(8-18-19)10-20-11-15(7-17)16(12-20)14-5-3-2-4-6-14/h2-6,8-9,15-16H,7,10-12,17H2,1H3/t15-,16+/m1/s1. The van der Waals surface area contributed by atoms with Gasteiger partial charge in [0.05, 0.1) is 6.20 Å². The summed E-state index contributed by atoms with van der Waals surface area (Å²) in [7, 11) is 1.96. The molecule has 3 rings (SSSR count). The molecule has 1 aliphatic heterocycles. The van der Waals surface area contributed by atoms with Crippen LogP contribution in [0.5, 0.6) is 0 Å². The van der Waals surface area contributed by atoms with Crippen LogP contribution in [0.2, 0.25) is 0 Å². The van der Waals surface area contributed by atoms with Gasteiger partial charge in [-0.15, -0.1) is 0 Å². The van der Waals surface area contributed by atoms with Crippen LogP contribution in [0.15, 0.2) is 42.7 Å². The van der Waals surface area contributed by atoms with Gasteiger partial charge >= 0.3 is 0 Å². The molecular weight excluding hydrogens is 248 g/mol. The molecule has 1 aliphatic rings. The predicted molar refractivity (Wildman–Crippen MR) is 80.2 cm³/mol. The number of rotatable bonds is 4. The highest BCUT2D eigenvalue weighted by Gasteiger charge is 2.32. The SMILES string of the molecule is Cn1cc(CN2C[C@@H](CN)[C@H](c3ccccc3)C2)cn1. The Morgan fingerprint density at radius 1 is 1.25 bits per heavy atom. The molecule has 1 aromatic carbocycles. The van der Waals surface area contributed by atoms with E-state index >= 15 is 0 Å². The van der Waals surface area contributed by atoms with Crippen molar-refractivity contribution >= 4 is 0 Å². The van der Waals surface area contributed by atoms with Gasteiger partial charge in [0.25, 0.3) is 0 Å². The lowest BCUT2D eigenvalue weighted by Gasteiger charge is -2.16. The number of nitrogens with two attached hydrogens (primary N) is 1. The Morgan fingerprint density at radius 3 is 2.70 bits per heavy atom. The first-order valence-corrected chi connectivity index (χ1v) is 7.21. The normalized spacial score (nSPS) is 23.3. The van der Waals surface area contributed by atoms with Crippen molar-refractivity contribution in [3.05, 3.63) is 53.9 Å². The van der Waals surface area contributed by atoms with Gasteiger partial charge in [-0.05, 0) is 18.0 Å². The van der Waals surface area contributed by atoms with E-state index < -0.39 is 0 Å². The largest absolute Gasteiger partial charge is 0.330 e. The zero-order valence-corrected chi connectivity index (χ0v) is 11.9. The molecule has 4 nitrogen and oxygen atoms in total. The molecule has 2 atom stereocenters. The van der Waals surface area contributed by atoms with E-state index in [0.717, 1.165) is 26.2 Å². The molecule has 0 aliphatic carbocycles. The van der Waals surface area contributed by atoms with Crippen LogP contribution in [0, 0.1) is 5.92 Å². The van der Waals surface area contributed by atoms with Gasteiger partial charge in [-0.1, -0.05) is 30.3 Å². The van der Waals surface area contributed by atoms with Crippen molar-refractivity contribution in [1.29, 1.82) is 0 Å². The second kappa shape index (κ2) is 5.77. The predicted octanol–water partition coefficient (Wildman–Crippen LogP) is 1.59. The summed E-state index contributed by atoms with van der Waals surface area (Å²) < 4.78 is 1.86. The third-order valence-electron chi connectivity index (χ3n) is 4.21. The quantitative estimate of drug-likeness (QED) is 0.918. The van der Waals surface area contributed by atoms with Crippen molar-refractivity contribution in [1.82, 2.24) is 14.7 Å². The maximum Gasteiger partial charge on any atom is 0.0534 e. The lowest BCUT2D eigenvalue weighted by molar-refractivity contribution is 0.317. The van der Waals surface area contributed by atoms with Crippen molar-refractivity contribution in [2.24, 2.45) is 18.7 Å². The Labute approximate surface area is 120 Å². The molecule has 0 amide bonds. The number of nitrogens with zero attached hydrogens (tertiary/aromatic N) is 3. The molecule has 20 heavy (non-hydrogen) atoms. The number of aryl methyl sites for hydroxylation is 1. The fourth-order valence-electron chi connectivity index (χ4n) is 3.22. The third-order valence-corrected chi connectivity index (χ3v) is 4.21. The molecule has 0 saturated carbocycles. The van der Waals surface area contributed by atoms with Crippen LogP contribution in [0.4, 0.5) is 0 Å². The third kappa shape index (κ3) is 2.76. The number of likely N-dealkylation sites (tertiary alicyclic amines) is 1. The Balaban J connectivity index is 1.71. The average molecular weight is 270 g/mol. The first-order chi connectivity index (χ1) is 9.76. The summed E-state index contributed by atoms with van der Waals surface area (Å²) in [6.45, 7) is 3.88. The van der Waals surface area contributed by atoms with Gasteiger partial charge in [0.1, 0.15) is 0 Å². The van der Waals surface area contributed by atoms with Crippen molar-refractivity contribution in [2.75, 3.05) is 19.6 Å². The monoisotopic (exact) mass is 270 g/mol. The van der Waals surface area contributed by atoms with Crippen LogP contribution >= 0.6 is 0 Å². The second-order valence-corrected chi connectivity index (χ2v) is 5.73. The summed E-state index contributed by atoms with van der Waals surface area (Å²) in [6, 6.07) is 10.8. The summed E-state index contributed by atoms with van der Waals surface area (Å²) in [5.41, 5.74) is 8.67. The second-order valence-electron chi connectivity index (χ2n) is 5.73. The van der Waals surface area contributed by atoms with E-state index in [9.17, 15) is 0 Å². The molecule has 2 aromatic rings. The van der Waals surface area contributed by atoms with Crippen molar-refractivity contribution < 1.29 is 0 Å². The van der Waals surface area contributed by atoms with Gasteiger partial charge in [-0.3, -0.25) is 9.58 Å². The molecule has 0 spiro atoms. The fourth-order valence-corrected chi connectivity index (χ4v) is 3.22. The minimum absolute atomic E-state index is 0.550. The molecule has 1 aromatic heterocycles. The smallest absolute Gasteiger partial charge is 0.0534 e. The zero-order chi connectivity index (χ0) is 13.9. The Hall–Kier alpha value is -1.65. The molecule has 1 fully saturated rings. The molecular formula is C16H22N4. The summed E-state index contributed by atoms with van der Waals surface area (Å²) >= 11 is 0. The number of aromatic nitrogens is 2. The minimum atomic E-state index is 0.550. The molecule has 1 saturated heterocycles. The van der Waals surface area contributed by atoms with Crippen LogP contribution in [0.1, 0.15) is 17.0 Å². The summed E-state index contributed by atoms with van der Waals surface area (Å²) in [5, 5.41) is 4.24. The van der Waals surface area contributed by atoms with Crippen LogP contribution in [0.3, 0.4) is 0 Å². The van der Waals surface area contributed by atoms with Gasteiger partial charge in [-0.25, -0.2) is 0 Å². The van der Waals surface area contributed by atoms with Gasteiger partial charge in [0, 0.05) is 44.4 Å². The highest BCUT2D eigenvalue weighted by molar-refractivity contribution is 5.22. The molecule has 106 valence electrons. The summed E-state index contributed by atoms with van der Waals surface area (Å²) in [6.07, 6.45) is 4.04. The number of hydrogen-bond donors (Lipinski definition) is 1. The lowest BCUT2D eigenvalue weighted by atomic mass is 9.89.